The lowest BCUT2D eigenvalue weighted by molar-refractivity contribution is -0.151. The predicted octanol–water partition coefficient (Wildman–Crippen LogP) is -3.48. The van der Waals surface area contributed by atoms with Crippen LogP contribution in [0.15, 0.2) is 0 Å². The molecule has 398 valence electrons. The zero-order valence-corrected chi connectivity index (χ0v) is 40.6. The van der Waals surface area contributed by atoms with Crippen molar-refractivity contribution in [1.29, 1.82) is 0 Å². The summed E-state index contributed by atoms with van der Waals surface area (Å²) in [6, 6.07) is 0. The van der Waals surface area contributed by atoms with Crippen molar-refractivity contribution in [2.24, 2.45) is 0 Å². The smallest absolute Gasteiger partial charge is 0.407 e. The molecule has 0 saturated heterocycles. The van der Waals surface area contributed by atoms with Gasteiger partial charge in [-0.25, -0.2) is 14.4 Å². The van der Waals surface area contributed by atoms with Gasteiger partial charge >= 0.3 is 30.0 Å². The van der Waals surface area contributed by atoms with Crippen molar-refractivity contribution in [3.05, 3.63) is 0 Å². The Morgan fingerprint density at radius 1 is 0.362 bits per heavy atom. The van der Waals surface area contributed by atoms with Gasteiger partial charge in [-0.1, -0.05) is 6.92 Å². The Morgan fingerprint density at radius 2 is 0.725 bits per heavy atom. The highest BCUT2D eigenvalue weighted by molar-refractivity contribution is 5.79. The fourth-order valence-corrected chi connectivity index (χ4v) is 5.01. The van der Waals surface area contributed by atoms with Gasteiger partial charge in [-0.2, -0.15) is 0 Å². The quantitative estimate of drug-likeness (QED) is 0.0225. The number of nitrogens with one attached hydrogen (secondary N) is 5. The van der Waals surface area contributed by atoms with E-state index in [1.54, 1.807) is 16.7 Å². The van der Waals surface area contributed by atoms with Crippen LogP contribution in [0.4, 0.5) is 4.79 Å². The molecule has 0 aliphatic rings. The summed E-state index contributed by atoms with van der Waals surface area (Å²) in [6.07, 6.45) is 0.243. The maximum Gasteiger partial charge on any atom is 0.407 e. The van der Waals surface area contributed by atoms with Crippen LogP contribution in [0.25, 0.3) is 0 Å². The van der Waals surface area contributed by atoms with E-state index in [4.69, 9.17) is 52.1 Å². The highest BCUT2D eigenvalue weighted by Crippen LogP contribution is 1.95. The topological polar surface area (TPSA) is 322 Å². The third-order valence-electron chi connectivity index (χ3n) is 8.18. The molecule has 0 atom stereocenters. The third-order valence-corrected chi connectivity index (χ3v) is 8.18. The fraction of sp³-hybridized carbons (Fsp3) is 0.786. The molecule has 0 radical (unpaired) electrons. The molecule has 0 aliphatic carbocycles. The molecule has 69 heavy (non-hydrogen) atoms. The van der Waals surface area contributed by atoms with Gasteiger partial charge in [-0.15, -0.1) is 0 Å². The summed E-state index contributed by atoms with van der Waals surface area (Å²) in [5.74, 6) is -3.86. The minimum absolute atomic E-state index is 0.00799. The molecule has 27 nitrogen and oxygen atoms in total. The molecule has 0 aliphatic heterocycles. The van der Waals surface area contributed by atoms with Crippen LogP contribution < -0.4 is 26.6 Å². The zero-order chi connectivity index (χ0) is 51.2. The van der Waals surface area contributed by atoms with Crippen LogP contribution in [-0.2, 0) is 90.5 Å². The molecule has 0 saturated carbocycles. The van der Waals surface area contributed by atoms with Gasteiger partial charge in [0.25, 0.3) is 0 Å². The maximum atomic E-state index is 12.6. The minimum Gasteiger partial charge on any atom is -0.465 e. The van der Waals surface area contributed by atoms with Crippen LogP contribution in [0.3, 0.4) is 0 Å². The minimum atomic E-state index is -0.721. The number of hydrogen-bond acceptors (Lipinski definition) is 22. The number of carbonyl (C=O) groups excluding carboxylic acids is 9. The normalized spacial score (nSPS) is 10.8. The monoisotopic (exact) mass is 998 g/mol. The number of hydrogen-bond donors (Lipinski definition) is 5. The van der Waals surface area contributed by atoms with Gasteiger partial charge in [-0.3, -0.25) is 38.6 Å². The first kappa shape index (κ1) is 63.7. The van der Waals surface area contributed by atoms with Gasteiger partial charge in [-0.05, 0) is 13.3 Å². The van der Waals surface area contributed by atoms with Crippen LogP contribution in [0.5, 0.6) is 0 Å². The first-order valence-electron chi connectivity index (χ1n) is 22.7. The van der Waals surface area contributed by atoms with Crippen molar-refractivity contribution in [3.8, 4) is 0 Å². The summed E-state index contributed by atoms with van der Waals surface area (Å²) < 4.78 is 56.8. The molecular weight excluding hydrogens is 922 g/mol. The molecule has 5 N–H and O–H groups in total. The lowest BCUT2D eigenvalue weighted by atomic mass is 10.4. The van der Waals surface area contributed by atoms with Crippen molar-refractivity contribution < 1.29 is 95.3 Å². The molecule has 0 aromatic rings. The molecule has 5 amide bonds. The van der Waals surface area contributed by atoms with Crippen LogP contribution in [-0.4, -0.2) is 248 Å². The standard InChI is InChI=1S/C42H75N7O20/c1-5-15-69-42(58)47-10-19-62-27-26-61-18-9-46-39(55)31-64-33-41(57)68-23-14-49(12-21-66-35(4)51)29-37(53)44-7-16-59-24-25-60-17-8-45-38(54)30-63-32-40(56)67-22-13-48(11-20-65-34(3)50)28-36(52)43-6-2/h5-33H2,1-4H3,(H,43,52)(H,44,53)(H,45,54)(H,46,55)(H,47,58). The van der Waals surface area contributed by atoms with Crippen LogP contribution in [0.1, 0.15) is 34.1 Å². The van der Waals surface area contributed by atoms with Gasteiger partial charge in [0.2, 0.25) is 23.6 Å². The van der Waals surface area contributed by atoms with Gasteiger partial charge < -0.3 is 78.7 Å². The Hall–Kier alpha value is -5.29. The van der Waals surface area contributed by atoms with Gasteiger partial charge in [0.15, 0.2) is 0 Å². The second kappa shape index (κ2) is 45.2. The Balaban J connectivity index is 4.06. The fourth-order valence-electron chi connectivity index (χ4n) is 5.01. The van der Waals surface area contributed by atoms with Crippen molar-refractivity contribution in [3.63, 3.8) is 0 Å². The molecule has 0 bridgehead atoms. The largest absolute Gasteiger partial charge is 0.465 e. The van der Waals surface area contributed by atoms with Gasteiger partial charge in [0, 0.05) is 72.8 Å². The number of rotatable bonds is 45. The average molecular weight is 998 g/mol. The lowest BCUT2D eigenvalue weighted by Crippen LogP contribution is -2.41. The molecule has 0 fully saturated rings. The third kappa shape index (κ3) is 44.9. The second-order valence-electron chi connectivity index (χ2n) is 14.2. The molecule has 0 aromatic carbocycles. The van der Waals surface area contributed by atoms with Crippen LogP contribution >= 0.6 is 0 Å². The maximum absolute atomic E-state index is 12.6. The first-order valence-corrected chi connectivity index (χ1v) is 22.7. The number of nitrogens with zero attached hydrogens (tertiary/aromatic N) is 2. The van der Waals surface area contributed by atoms with E-state index in [0.717, 1.165) is 6.42 Å². The number of alkyl carbamates (subject to hydrolysis) is 1. The Labute approximate surface area is 403 Å². The molecule has 27 heteroatoms. The number of carbonyl (C=O) groups is 9. The molecule has 0 spiro atoms. The van der Waals surface area contributed by atoms with E-state index in [2.05, 4.69) is 26.6 Å². The van der Waals surface area contributed by atoms with Crippen molar-refractivity contribution in [1.82, 2.24) is 36.4 Å². The highest BCUT2D eigenvalue weighted by atomic mass is 16.6. The first-order chi connectivity index (χ1) is 33.2. The Bertz CT molecular complexity index is 1460. The SMILES string of the molecule is CCCOC(=O)NCCOCCOCCNC(=O)COCC(=O)OCCN(CCOC(C)=O)CC(=O)NCCOCCOCCNC(=O)COCC(=O)OCCN(CCOC(C)=O)CC(=O)NCC. The predicted molar refractivity (Wildman–Crippen MR) is 240 cm³/mol. The van der Waals surface area contributed by atoms with Gasteiger partial charge in [0.05, 0.1) is 72.6 Å². The molecular formula is C42H75N7O20. The summed E-state index contributed by atoms with van der Waals surface area (Å²) in [4.78, 5) is 109. The average Bonchev–Trinajstić information content (AvgIpc) is 3.29. The van der Waals surface area contributed by atoms with E-state index in [1.165, 1.54) is 13.8 Å². The number of esters is 4. The summed E-state index contributed by atoms with van der Waals surface area (Å²) in [5, 5.41) is 13.1. The van der Waals surface area contributed by atoms with Gasteiger partial charge in [0.1, 0.15) is 52.9 Å². The number of likely N-dealkylation sites (N-methyl/N-ethyl adjacent to an activating group) is 1. The van der Waals surface area contributed by atoms with E-state index in [-0.39, 0.29) is 150 Å². The molecule has 0 heterocycles. The van der Waals surface area contributed by atoms with E-state index < -0.39 is 55.0 Å². The van der Waals surface area contributed by atoms with Crippen molar-refractivity contribution in [2.45, 2.75) is 34.1 Å². The van der Waals surface area contributed by atoms with Crippen molar-refractivity contribution >= 4 is 53.6 Å². The second-order valence-corrected chi connectivity index (χ2v) is 14.2. The summed E-state index contributed by atoms with van der Waals surface area (Å²) in [6.45, 7) is 8.78. The van der Waals surface area contributed by atoms with E-state index in [1.807, 2.05) is 6.92 Å². The molecule has 0 unspecified atom stereocenters. The van der Waals surface area contributed by atoms with E-state index in [0.29, 0.717) is 32.9 Å². The summed E-state index contributed by atoms with van der Waals surface area (Å²) in [5.41, 5.74) is 0. The lowest BCUT2D eigenvalue weighted by Gasteiger charge is -2.21. The van der Waals surface area contributed by atoms with E-state index in [9.17, 15) is 43.2 Å². The van der Waals surface area contributed by atoms with E-state index >= 15 is 0 Å². The summed E-state index contributed by atoms with van der Waals surface area (Å²) >= 11 is 0. The van der Waals surface area contributed by atoms with Crippen LogP contribution in [0.2, 0.25) is 0 Å². The summed E-state index contributed by atoms with van der Waals surface area (Å²) in [7, 11) is 0. The number of ether oxygens (including phenoxy) is 11. The Kier molecular flexibility index (Phi) is 41.7. The molecule has 0 rings (SSSR count). The van der Waals surface area contributed by atoms with Crippen molar-refractivity contribution in [2.75, 3.05) is 184 Å². The molecule has 0 aromatic heterocycles. The number of amides is 5. The Morgan fingerprint density at radius 3 is 1.10 bits per heavy atom. The zero-order valence-electron chi connectivity index (χ0n) is 40.6. The van der Waals surface area contributed by atoms with Crippen LogP contribution in [0, 0.1) is 0 Å². The highest BCUT2D eigenvalue weighted by Gasteiger charge is 2.15.